The zero-order valence-corrected chi connectivity index (χ0v) is 18.1. The number of nitrogens with zero attached hydrogens (tertiary/aromatic N) is 3. The number of hydrogen-bond donors (Lipinski definition) is 0. The average Bonchev–Trinajstić information content (AvgIpc) is 2.75. The van der Waals surface area contributed by atoms with Crippen LogP contribution in [0.25, 0.3) is 0 Å². The van der Waals surface area contributed by atoms with Crippen LogP contribution in [0.5, 0.6) is 5.75 Å². The molecule has 3 rings (SSSR count). The average molecular weight is 396 g/mol. The van der Waals surface area contributed by atoms with E-state index < -0.39 is 0 Å². The minimum absolute atomic E-state index is 0.173. The molecule has 1 fully saturated rings. The Morgan fingerprint density at radius 3 is 2.34 bits per heavy atom. The molecular formula is C24H33N3O2. The summed E-state index contributed by atoms with van der Waals surface area (Å²) in [5.41, 5.74) is 3.89. The summed E-state index contributed by atoms with van der Waals surface area (Å²) < 4.78 is 5.23. The monoisotopic (exact) mass is 395 g/mol. The van der Waals surface area contributed by atoms with Gasteiger partial charge in [0.1, 0.15) is 5.75 Å². The Labute approximate surface area is 174 Å². The molecule has 0 N–H and O–H groups in total. The molecule has 1 saturated heterocycles. The van der Waals surface area contributed by atoms with Gasteiger partial charge in [-0.1, -0.05) is 36.4 Å². The third kappa shape index (κ3) is 5.58. The number of benzene rings is 2. The molecule has 0 bridgehead atoms. The molecule has 1 amide bonds. The van der Waals surface area contributed by atoms with Crippen molar-refractivity contribution in [1.82, 2.24) is 14.7 Å². The van der Waals surface area contributed by atoms with Crippen LogP contribution in [0.1, 0.15) is 29.7 Å². The number of ether oxygens (including phenoxy) is 1. The summed E-state index contributed by atoms with van der Waals surface area (Å²) in [5.74, 6) is 1.06. The maximum atomic E-state index is 12.8. The lowest BCUT2D eigenvalue weighted by atomic mass is 10.1. The second-order valence-electron chi connectivity index (χ2n) is 7.95. The molecule has 2 aromatic carbocycles. The van der Waals surface area contributed by atoms with E-state index in [9.17, 15) is 4.79 Å². The van der Waals surface area contributed by atoms with Gasteiger partial charge in [-0.15, -0.1) is 0 Å². The van der Waals surface area contributed by atoms with Crippen molar-refractivity contribution in [3.8, 4) is 5.75 Å². The van der Waals surface area contributed by atoms with Gasteiger partial charge in [-0.3, -0.25) is 14.6 Å². The number of methoxy groups -OCH3 is 1. The van der Waals surface area contributed by atoms with Gasteiger partial charge in [0.25, 0.3) is 0 Å². The number of carbonyl (C=O) groups excluding carboxylic acids is 1. The van der Waals surface area contributed by atoms with Crippen LogP contribution >= 0.6 is 0 Å². The van der Waals surface area contributed by atoms with Gasteiger partial charge in [0.15, 0.2) is 0 Å². The Hall–Kier alpha value is -2.37. The van der Waals surface area contributed by atoms with Crippen molar-refractivity contribution in [1.29, 1.82) is 0 Å². The van der Waals surface area contributed by atoms with Gasteiger partial charge in [-0.2, -0.15) is 0 Å². The van der Waals surface area contributed by atoms with Crippen LogP contribution in [-0.2, 0) is 11.3 Å². The number of hydrogen-bond acceptors (Lipinski definition) is 4. The molecule has 5 heteroatoms. The minimum atomic E-state index is 0.173. The molecule has 156 valence electrons. The van der Waals surface area contributed by atoms with Gasteiger partial charge in [-0.05, 0) is 49.7 Å². The number of aryl methyl sites for hydroxylation is 1. The first-order valence-electron chi connectivity index (χ1n) is 10.4. The van der Waals surface area contributed by atoms with Crippen LogP contribution in [-0.4, -0.2) is 67.5 Å². The highest BCUT2D eigenvalue weighted by Gasteiger charge is 2.23. The highest BCUT2D eigenvalue weighted by Crippen LogP contribution is 2.21. The zero-order valence-electron chi connectivity index (χ0n) is 18.1. The van der Waals surface area contributed by atoms with Crippen molar-refractivity contribution < 1.29 is 9.53 Å². The quantitative estimate of drug-likeness (QED) is 0.720. The lowest BCUT2D eigenvalue weighted by Crippen LogP contribution is -2.50. The van der Waals surface area contributed by atoms with Crippen molar-refractivity contribution in [3.63, 3.8) is 0 Å². The molecule has 2 aromatic rings. The predicted octanol–water partition coefficient (Wildman–Crippen LogP) is 3.34. The van der Waals surface area contributed by atoms with Crippen molar-refractivity contribution in [3.05, 3.63) is 65.2 Å². The summed E-state index contributed by atoms with van der Waals surface area (Å²) in [4.78, 5) is 19.4. The molecule has 0 aliphatic carbocycles. The van der Waals surface area contributed by atoms with E-state index >= 15 is 0 Å². The molecule has 0 aromatic heterocycles. The van der Waals surface area contributed by atoms with E-state index in [1.807, 2.05) is 24.1 Å². The second-order valence-corrected chi connectivity index (χ2v) is 7.95. The van der Waals surface area contributed by atoms with E-state index in [0.717, 1.165) is 38.5 Å². The van der Waals surface area contributed by atoms with E-state index in [2.05, 4.69) is 60.0 Å². The lowest BCUT2D eigenvalue weighted by Gasteiger charge is -2.36. The summed E-state index contributed by atoms with van der Waals surface area (Å²) in [6.45, 7) is 9.15. The molecule has 1 aliphatic heterocycles. The highest BCUT2D eigenvalue weighted by molar-refractivity contribution is 5.78. The number of piperazine rings is 1. The SMILES string of the molecule is COc1ccc(C(C)N(C)CC(=O)N2CCN(Cc3ccccc3C)CC2)cc1. The first kappa shape index (κ1) is 21.3. The van der Waals surface area contributed by atoms with Crippen LogP contribution in [0.15, 0.2) is 48.5 Å². The Balaban J connectivity index is 1.48. The first-order valence-corrected chi connectivity index (χ1v) is 10.4. The highest BCUT2D eigenvalue weighted by atomic mass is 16.5. The second kappa shape index (κ2) is 9.90. The van der Waals surface area contributed by atoms with Gasteiger partial charge in [0, 0.05) is 38.8 Å². The standard InChI is InChI=1S/C24H33N3O2/c1-19-7-5-6-8-22(19)17-26-13-15-27(16-14-26)24(28)18-25(3)20(2)21-9-11-23(29-4)12-10-21/h5-12,20H,13-18H2,1-4H3. The van der Waals surface area contributed by atoms with Crippen LogP contribution < -0.4 is 4.74 Å². The maximum absolute atomic E-state index is 12.8. The Bertz CT molecular complexity index is 798. The molecule has 0 saturated carbocycles. The maximum Gasteiger partial charge on any atom is 0.236 e. The van der Waals surface area contributed by atoms with Crippen molar-refractivity contribution in [2.24, 2.45) is 0 Å². The van der Waals surface area contributed by atoms with E-state index in [1.54, 1.807) is 7.11 Å². The normalized spacial score (nSPS) is 16.1. The third-order valence-electron chi connectivity index (χ3n) is 6.02. The summed E-state index contributed by atoms with van der Waals surface area (Å²) in [5, 5.41) is 0. The van der Waals surface area contributed by atoms with E-state index in [1.165, 1.54) is 16.7 Å². The van der Waals surface area contributed by atoms with Gasteiger partial charge in [0.2, 0.25) is 5.91 Å². The van der Waals surface area contributed by atoms with Crippen LogP contribution in [0, 0.1) is 6.92 Å². The van der Waals surface area contributed by atoms with E-state index in [4.69, 9.17) is 4.74 Å². The van der Waals surface area contributed by atoms with Crippen molar-refractivity contribution >= 4 is 5.91 Å². The number of likely N-dealkylation sites (N-methyl/N-ethyl adjacent to an activating group) is 1. The Morgan fingerprint density at radius 2 is 1.72 bits per heavy atom. The molecule has 1 heterocycles. The third-order valence-corrected chi connectivity index (χ3v) is 6.02. The van der Waals surface area contributed by atoms with Gasteiger partial charge < -0.3 is 9.64 Å². The summed E-state index contributed by atoms with van der Waals surface area (Å²) in [7, 11) is 3.69. The molecule has 1 unspecified atom stereocenters. The molecule has 5 nitrogen and oxygen atoms in total. The Morgan fingerprint density at radius 1 is 1.07 bits per heavy atom. The molecule has 1 aliphatic rings. The van der Waals surface area contributed by atoms with E-state index in [0.29, 0.717) is 6.54 Å². The summed E-state index contributed by atoms with van der Waals surface area (Å²) in [6.07, 6.45) is 0. The number of rotatable bonds is 7. The van der Waals surface area contributed by atoms with Crippen molar-refractivity contribution in [2.75, 3.05) is 46.9 Å². The lowest BCUT2D eigenvalue weighted by molar-refractivity contribution is -0.134. The molecule has 0 radical (unpaired) electrons. The van der Waals surface area contributed by atoms with Gasteiger partial charge in [0.05, 0.1) is 13.7 Å². The molecule has 0 spiro atoms. The topological polar surface area (TPSA) is 36.0 Å². The molecule has 29 heavy (non-hydrogen) atoms. The zero-order chi connectivity index (χ0) is 20.8. The van der Waals surface area contributed by atoms with Crippen LogP contribution in [0.3, 0.4) is 0 Å². The fraction of sp³-hybridized carbons (Fsp3) is 0.458. The largest absolute Gasteiger partial charge is 0.497 e. The van der Waals surface area contributed by atoms with Crippen LogP contribution in [0.4, 0.5) is 0 Å². The van der Waals surface area contributed by atoms with Gasteiger partial charge in [-0.25, -0.2) is 0 Å². The molecular weight excluding hydrogens is 362 g/mol. The Kier molecular flexibility index (Phi) is 7.29. The summed E-state index contributed by atoms with van der Waals surface area (Å²) >= 11 is 0. The predicted molar refractivity (Wildman–Crippen MR) is 117 cm³/mol. The minimum Gasteiger partial charge on any atom is -0.497 e. The smallest absolute Gasteiger partial charge is 0.236 e. The van der Waals surface area contributed by atoms with E-state index in [-0.39, 0.29) is 11.9 Å². The fourth-order valence-corrected chi connectivity index (χ4v) is 3.77. The molecule has 1 atom stereocenters. The first-order chi connectivity index (χ1) is 14.0. The van der Waals surface area contributed by atoms with Gasteiger partial charge >= 0.3 is 0 Å². The van der Waals surface area contributed by atoms with Crippen molar-refractivity contribution in [2.45, 2.75) is 26.4 Å². The number of carbonyl (C=O) groups is 1. The summed E-state index contributed by atoms with van der Waals surface area (Å²) in [6, 6.07) is 16.8. The fourth-order valence-electron chi connectivity index (χ4n) is 3.77. The van der Waals surface area contributed by atoms with Crippen LogP contribution in [0.2, 0.25) is 0 Å². The number of amides is 1.